The molecule has 2 aliphatic heterocycles. The van der Waals surface area contributed by atoms with Gasteiger partial charge in [-0.1, -0.05) is 70.0 Å². The first-order chi connectivity index (χ1) is 20.2. The molecule has 7 rings (SSSR count). The lowest BCUT2D eigenvalue weighted by molar-refractivity contribution is -0.115. The van der Waals surface area contributed by atoms with Gasteiger partial charge in [-0.15, -0.1) is 0 Å². The van der Waals surface area contributed by atoms with Crippen molar-refractivity contribution >= 4 is 22.9 Å². The van der Waals surface area contributed by atoms with Crippen LogP contribution in [0.1, 0.15) is 69.9 Å². The van der Waals surface area contributed by atoms with Gasteiger partial charge in [0.2, 0.25) is 5.78 Å². The van der Waals surface area contributed by atoms with E-state index >= 15 is 0 Å². The Morgan fingerprint density at radius 3 is 2.43 bits per heavy atom. The minimum Gasteiger partial charge on any atom is -0.507 e. The molecule has 0 bridgehead atoms. The fraction of sp³-hybridized carbons (Fsp3) is 0.333. The molecule has 0 amide bonds. The van der Waals surface area contributed by atoms with E-state index in [4.69, 9.17) is 0 Å². The number of hydrogen-bond acceptors (Lipinski definition) is 6. The number of rotatable bonds is 5. The number of anilines is 2. The summed E-state index contributed by atoms with van der Waals surface area (Å²) >= 11 is 0. The summed E-state index contributed by atoms with van der Waals surface area (Å²) in [5.74, 6) is -1.01. The van der Waals surface area contributed by atoms with Gasteiger partial charge in [0.15, 0.2) is 5.78 Å². The molecule has 0 spiro atoms. The number of ketones is 2. The van der Waals surface area contributed by atoms with Crippen LogP contribution in [-0.2, 0) is 15.0 Å². The van der Waals surface area contributed by atoms with Crippen LogP contribution in [0.5, 0.6) is 0 Å². The van der Waals surface area contributed by atoms with Crippen molar-refractivity contribution in [3.8, 4) is 0 Å². The number of allylic oxidation sites excluding steroid dienone is 7. The first kappa shape index (κ1) is 26.6. The monoisotopic (exact) mass is 560 g/mol. The smallest absolute Gasteiger partial charge is 0.201 e. The number of para-hydroxylation sites is 2. The van der Waals surface area contributed by atoms with Crippen LogP contribution in [-0.4, -0.2) is 34.4 Å². The molecule has 5 aliphatic rings. The minimum absolute atomic E-state index is 0.107. The van der Waals surface area contributed by atoms with Gasteiger partial charge in [0.25, 0.3) is 0 Å². The van der Waals surface area contributed by atoms with Crippen molar-refractivity contribution < 1.29 is 19.8 Å². The summed E-state index contributed by atoms with van der Waals surface area (Å²) in [6.07, 6.45) is 10.1. The molecule has 0 radical (unpaired) electrons. The molecule has 2 aromatic rings. The fourth-order valence-electron chi connectivity index (χ4n) is 7.70. The Morgan fingerprint density at radius 1 is 0.952 bits per heavy atom. The average molecular weight is 561 g/mol. The Hall–Kier alpha value is -4.32. The molecule has 2 aromatic carbocycles. The highest BCUT2D eigenvalue weighted by atomic mass is 16.3. The van der Waals surface area contributed by atoms with E-state index in [2.05, 4.69) is 54.8 Å². The average Bonchev–Trinajstić information content (AvgIpc) is 3.62. The van der Waals surface area contributed by atoms with Crippen molar-refractivity contribution in [1.82, 2.24) is 0 Å². The number of fused-ring (bicyclic) bond motifs is 4. The maximum Gasteiger partial charge on any atom is 0.201 e. The topological polar surface area (TPSA) is 81.1 Å². The van der Waals surface area contributed by atoms with E-state index in [1.807, 2.05) is 24.3 Å². The van der Waals surface area contributed by atoms with Crippen molar-refractivity contribution in [2.75, 3.05) is 16.3 Å². The van der Waals surface area contributed by atoms with Crippen molar-refractivity contribution in [2.24, 2.45) is 0 Å². The number of benzene rings is 2. The Morgan fingerprint density at radius 2 is 1.69 bits per heavy atom. The number of unbranched alkanes of at least 4 members (excludes halogenated alkanes) is 1. The first-order valence-electron chi connectivity index (χ1n) is 15.1. The summed E-state index contributed by atoms with van der Waals surface area (Å²) < 4.78 is 0. The van der Waals surface area contributed by atoms with Gasteiger partial charge < -0.3 is 20.0 Å². The van der Waals surface area contributed by atoms with Gasteiger partial charge in [-0.2, -0.15) is 0 Å². The van der Waals surface area contributed by atoms with E-state index in [0.717, 1.165) is 55.7 Å². The molecule has 1 fully saturated rings. The van der Waals surface area contributed by atoms with E-state index in [0.29, 0.717) is 11.6 Å². The molecule has 3 aliphatic carbocycles. The fourth-order valence-corrected chi connectivity index (χ4v) is 7.70. The normalized spacial score (nSPS) is 26.8. The molecule has 42 heavy (non-hydrogen) atoms. The SMILES string of the molecule is CCCCN1/C(=C/C2=C(O)C(=C3\C(=O)C=C(N4c5ccccc5C5CCCC54)C=C3O)/C2=O)C(C)(C)c2ccccc21. The Labute approximate surface area is 246 Å². The third kappa shape index (κ3) is 3.70. The second-order valence-corrected chi connectivity index (χ2v) is 12.5. The van der Waals surface area contributed by atoms with Crippen LogP contribution in [0.2, 0.25) is 0 Å². The van der Waals surface area contributed by atoms with Gasteiger partial charge in [-0.3, -0.25) is 9.59 Å². The Kier molecular flexibility index (Phi) is 6.08. The Balaban J connectivity index is 1.25. The van der Waals surface area contributed by atoms with Crippen LogP contribution in [0, 0.1) is 0 Å². The zero-order valence-electron chi connectivity index (χ0n) is 24.4. The molecule has 1 saturated carbocycles. The standard InChI is InChI=1S/C36H36N2O4/c1-4-5-17-37-28-15-9-7-13-25(28)36(2,3)31(37)20-24-34(41)33(35(24)42)32-29(39)18-21(19-30(32)40)38-26-14-8-6-11-22(26)23-12-10-16-27(23)38/h6-9,11,13-15,18-20,23,27,39,41H,4-5,10,12,16-17H2,1-3H3/b31-20+,33-32+. The molecule has 2 heterocycles. The van der Waals surface area contributed by atoms with Gasteiger partial charge in [0.05, 0.1) is 16.7 Å². The molecule has 214 valence electrons. The lowest BCUT2D eigenvalue weighted by Gasteiger charge is -2.31. The van der Waals surface area contributed by atoms with E-state index in [-0.39, 0.29) is 39.7 Å². The molecule has 2 unspecified atom stereocenters. The number of aliphatic hydroxyl groups excluding tert-OH is 2. The maximum atomic E-state index is 13.5. The minimum atomic E-state index is -0.469. The lowest BCUT2D eigenvalue weighted by Crippen LogP contribution is -2.33. The second-order valence-electron chi connectivity index (χ2n) is 12.5. The van der Waals surface area contributed by atoms with Gasteiger partial charge in [0.1, 0.15) is 11.5 Å². The molecule has 0 saturated heterocycles. The highest BCUT2D eigenvalue weighted by molar-refractivity contribution is 6.27. The van der Waals surface area contributed by atoms with Crippen LogP contribution in [0.25, 0.3) is 0 Å². The van der Waals surface area contributed by atoms with Gasteiger partial charge in [-0.25, -0.2) is 0 Å². The van der Waals surface area contributed by atoms with Gasteiger partial charge in [0, 0.05) is 58.8 Å². The third-order valence-electron chi connectivity index (χ3n) is 9.78. The first-order valence-corrected chi connectivity index (χ1v) is 15.1. The van der Waals surface area contributed by atoms with Gasteiger partial charge >= 0.3 is 0 Å². The number of aliphatic hydroxyl groups is 2. The molecule has 2 atom stereocenters. The van der Waals surface area contributed by atoms with Crippen LogP contribution >= 0.6 is 0 Å². The summed E-state index contributed by atoms with van der Waals surface area (Å²) in [5, 5.41) is 22.3. The van der Waals surface area contributed by atoms with Gasteiger partial charge in [-0.05, 0) is 48.6 Å². The molecule has 2 N–H and O–H groups in total. The highest BCUT2D eigenvalue weighted by Gasteiger charge is 2.46. The predicted molar refractivity (Wildman–Crippen MR) is 165 cm³/mol. The van der Waals surface area contributed by atoms with Crippen LogP contribution < -0.4 is 9.80 Å². The van der Waals surface area contributed by atoms with E-state index in [1.165, 1.54) is 17.2 Å². The molecule has 6 nitrogen and oxygen atoms in total. The third-order valence-corrected chi connectivity index (χ3v) is 9.78. The predicted octanol–water partition coefficient (Wildman–Crippen LogP) is 7.22. The highest BCUT2D eigenvalue weighted by Crippen LogP contribution is 2.52. The summed E-state index contributed by atoms with van der Waals surface area (Å²) in [6.45, 7) is 7.20. The number of carbonyl (C=O) groups is 2. The van der Waals surface area contributed by atoms with Crippen molar-refractivity contribution in [2.45, 2.75) is 70.3 Å². The van der Waals surface area contributed by atoms with Crippen LogP contribution in [0.15, 0.2) is 106 Å². The number of nitrogens with zero attached hydrogens (tertiary/aromatic N) is 2. The van der Waals surface area contributed by atoms with Crippen LogP contribution in [0.3, 0.4) is 0 Å². The lowest BCUT2D eigenvalue weighted by atomic mass is 9.78. The largest absolute Gasteiger partial charge is 0.507 e. The van der Waals surface area contributed by atoms with Crippen molar-refractivity contribution in [3.05, 3.63) is 118 Å². The van der Waals surface area contributed by atoms with Crippen LogP contribution in [0.4, 0.5) is 11.4 Å². The quantitative estimate of drug-likeness (QED) is 0.376. The Bertz CT molecular complexity index is 1700. The molecule has 6 heteroatoms. The summed E-state index contributed by atoms with van der Waals surface area (Å²) in [6, 6.07) is 16.7. The van der Waals surface area contributed by atoms with Crippen molar-refractivity contribution in [1.29, 1.82) is 0 Å². The maximum absolute atomic E-state index is 13.5. The van der Waals surface area contributed by atoms with E-state index < -0.39 is 11.6 Å². The zero-order valence-corrected chi connectivity index (χ0v) is 24.4. The summed E-state index contributed by atoms with van der Waals surface area (Å²) in [5.41, 5.74) is 5.76. The summed E-state index contributed by atoms with van der Waals surface area (Å²) in [4.78, 5) is 31.5. The number of carbonyl (C=O) groups excluding carboxylic acids is 2. The second kappa shape index (κ2) is 9.62. The molecule has 0 aromatic heterocycles. The number of Topliss-reactive ketones (excluding diaryl/α,β-unsaturated/α-hetero) is 1. The van der Waals surface area contributed by atoms with Crippen molar-refractivity contribution in [3.63, 3.8) is 0 Å². The van der Waals surface area contributed by atoms with E-state index in [9.17, 15) is 19.8 Å². The molecular formula is C36H36N2O4. The summed E-state index contributed by atoms with van der Waals surface area (Å²) in [7, 11) is 0. The van der Waals surface area contributed by atoms with E-state index in [1.54, 1.807) is 12.2 Å². The molecular weight excluding hydrogens is 524 g/mol. The number of hydrogen-bond donors (Lipinski definition) is 2. The zero-order chi connectivity index (χ0) is 29.3.